The Morgan fingerprint density at radius 2 is 2.12 bits per heavy atom. The second-order valence-corrected chi connectivity index (χ2v) is 4.45. The Balaban J connectivity index is 2.49. The lowest BCUT2D eigenvalue weighted by atomic mass is 10.0. The van der Waals surface area contributed by atoms with Gasteiger partial charge in [0.2, 0.25) is 5.91 Å². The van der Waals surface area contributed by atoms with Crippen molar-refractivity contribution < 1.29 is 14.7 Å². The van der Waals surface area contributed by atoms with E-state index in [0.717, 1.165) is 25.8 Å². The van der Waals surface area contributed by atoms with Gasteiger partial charge in [-0.05, 0) is 26.3 Å². The fourth-order valence-corrected chi connectivity index (χ4v) is 2.26. The third kappa shape index (κ3) is 3.81. The molecular formula is C11H20N2O3. The lowest BCUT2D eigenvalue weighted by molar-refractivity contribution is -0.138. The number of hydrogen-bond donors (Lipinski definition) is 1. The fraction of sp³-hybridized carbons (Fsp3) is 0.818. The Kier molecular flexibility index (Phi) is 4.73. The second-order valence-electron chi connectivity index (χ2n) is 4.45. The van der Waals surface area contributed by atoms with Crippen molar-refractivity contribution in [2.24, 2.45) is 0 Å². The van der Waals surface area contributed by atoms with Crippen molar-refractivity contribution >= 4 is 11.9 Å². The van der Waals surface area contributed by atoms with E-state index in [1.165, 1.54) is 0 Å². The fourth-order valence-electron chi connectivity index (χ4n) is 2.26. The first-order valence-electron chi connectivity index (χ1n) is 5.68. The average Bonchev–Trinajstić information content (AvgIpc) is 2.16. The normalized spacial score (nSPS) is 21.2. The van der Waals surface area contributed by atoms with Gasteiger partial charge in [-0.2, -0.15) is 0 Å². The number of aliphatic carboxylic acids is 1. The molecule has 0 aromatic carbocycles. The molecule has 0 saturated carbocycles. The molecule has 1 rings (SSSR count). The lowest BCUT2D eigenvalue weighted by Crippen LogP contribution is -2.48. The molecule has 0 spiro atoms. The molecular weight excluding hydrogens is 208 g/mol. The molecule has 0 aromatic heterocycles. The highest BCUT2D eigenvalue weighted by Crippen LogP contribution is 2.17. The molecule has 1 N–H and O–H groups in total. The highest BCUT2D eigenvalue weighted by Gasteiger charge is 2.25. The molecule has 1 heterocycles. The van der Waals surface area contributed by atoms with E-state index in [9.17, 15) is 9.59 Å². The predicted octanol–water partition coefficient (Wildman–Crippen LogP) is 0.404. The summed E-state index contributed by atoms with van der Waals surface area (Å²) in [6, 6.07) is 0.176. The molecule has 1 aliphatic rings. The molecule has 5 nitrogen and oxygen atoms in total. The van der Waals surface area contributed by atoms with Crippen molar-refractivity contribution in [3.8, 4) is 0 Å². The van der Waals surface area contributed by atoms with E-state index in [4.69, 9.17) is 5.11 Å². The molecule has 1 fully saturated rings. The second kappa shape index (κ2) is 5.84. The van der Waals surface area contributed by atoms with Gasteiger partial charge in [-0.3, -0.25) is 14.5 Å². The van der Waals surface area contributed by atoms with Crippen LogP contribution in [0.3, 0.4) is 0 Å². The quantitative estimate of drug-likeness (QED) is 0.757. The van der Waals surface area contributed by atoms with Crippen LogP contribution in [0.4, 0.5) is 0 Å². The number of likely N-dealkylation sites (tertiary alicyclic amines) is 1. The van der Waals surface area contributed by atoms with Crippen LogP contribution in [0.15, 0.2) is 0 Å². The number of rotatable bonds is 4. The molecule has 0 aliphatic carbocycles. The van der Waals surface area contributed by atoms with Crippen molar-refractivity contribution in [3.63, 3.8) is 0 Å². The molecule has 1 aliphatic heterocycles. The van der Waals surface area contributed by atoms with Crippen molar-refractivity contribution in [2.75, 3.05) is 26.7 Å². The number of piperidine rings is 1. The van der Waals surface area contributed by atoms with Crippen LogP contribution in [0.25, 0.3) is 0 Å². The van der Waals surface area contributed by atoms with Gasteiger partial charge in [-0.1, -0.05) is 0 Å². The van der Waals surface area contributed by atoms with Crippen LogP contribution < -0.4 is 0 Å². The minimum absolute atomic E-state index is 0.0300. The van der Waals surface area contributed by atoms with Gasteiger partial charge in [-0.25, -0.2) is 0 Å². The minimum Gasteiger partial charge on any atom is -0.480 e. The summed E-state index contributed by atoms with van der Waals surface area (Å²) >= 11 is 0. The molecule has 0 radical (unpaired) electrons. The molecule has 5 heteroatoms. The van der Waals surface area contributed by atoms with E-state index < -0.39 is 5.97 Å². The smallest absolute Gasteiger partial charge is 0.317 e. The monoisotopic (exact) mass is 228 g/mol. The maximum absolute atomic E-state index is 11.4. The first-order chi connectivity index (χ1) is 7.50. The zero-order valence-corrected chi connectivity index (χ0v) is 9.98. The number of carboxylic acid groups (broad SMARTS) is 1. The summed E-state index contributed by atoms with van der Waals surface area (Å²) in [5.74, 6) is -0.735. The summed E-state index contributed by atoms with van der Waals surface area (Å²) in [5, 5.41) is 8.67. The van der Waals surface area contributed by atoms with Gasteiger partial charge < -0.3 is 10.0 Å². The summed E-state index contributed by atoms with van der Waals surface area (Å²) < 4.78 is 0. The molecule has 92 valence electrons. The zero-order valence-electron chi connectivity index (χ0n) is 9.98. The average molecular weight is 228 g/mol. The summed E-state index contributed by atoms with van der Waals surface area (Å²) in [6.07, 6.45) is 3.15. The van der Waals surface area contributed by atoms with Crippen molar-refractivity contribution in [2.45, 2.75) is 32.2 Å². The largest absolute Gasteiger partial charge is 0.480 e. The number of carbonyl (C=O) groups excluding carboxylic acids is 1. The topological polar surface area (TPSA) is 60.9 Å². The van der Waals surface area contributed by atoms with Crippen LogP contribution in [-0.2, 0) is 9.59 Å². The third-order valence-electron chi connectivity index (χ3n) is 2.96. The lowest BCUT2D eigenvalue weighted by Gasteiger charge is -2.37. The Bertz CT molecular complexity index is 268. The van der Waals surface area contributed by atoms with Crippen LogP contribution in [0, 0.1) is 0 Å². The highest BCUT2D eigenvalue weighted by atomic mass is 16.4. The minimum atomic E-state index is -0.826. The van der Waals surface area contributed by atoms with E-state index in [1.807, 2.05) is 4.90 Å². The highest BCUT2D eigenvalue weighted by molar-refractivity contribution is 5.73. The van der Waals surface area contributed by atoms with E-state index in [1.54, 1.807) is 18.9 Å². The zero-order chi connectivity index (χ0) is 12.1. The standard InChI is InChI=1S/C11H20N2O3/c1-9(14)13-6-4-3-5-10(13)7-12(2)8-11(15)16/h10H,3-8H2,1-2H3,(H,15,16)/t10-/m1/s1. The van der Waals surface area contributed by atoms with Crippen molar-refractivity contribution in [1.82, 2.24) is 9.80 Å². The van der Waals surface area contributed by atoms with Gasteiger partial charge in [-0.15, -0.1) is 0 Å². The summed E-state index contributed by atoms with van der Waals surface area (Å²) in [5.41, 5.74) is 0. The molecule has 1 amide bonds. The Hall–Kier alpha value is -1.10. The van der Waals surface area contributed by atoms with Gasteiger partial charge in [0.15, 0.2) is 0 Å². The molecule has 1 saturated heterocycles. The Labute approximate surface area is 96.0 Å². The maximum atomic E-state index is 11.4. The summed E-state index contributed by atoms with van der Waals surface area (Å²) in [4.78, 5) is 25.6. The Morgan fingerprint density at radius 3 is 2.69 bits per heavy atom. The van der Waals surface area contributed by atoms with Crippen LogP contribution in [-0.4, -0.2) is 59.5 Å². The molecule has 0 aromatic rings. The number of carboxylic acids is 1. The number of carbonyl (C=O) groups is 2. The summed E-state index contributed by atoms with van der Waals surface area (Å²) in [6.45, 7) is 3.06. The molecule has 0 bridgehead atoms. The molecule has 1 atom stereocenters. The van der Waals surface area contributed by atoms with Crippen molar-refractivity contribution in [3.05, 3.63) is 0 Å². The van der Waals surface area contributed by atoms with Gasteiger partial charge in [0.25, 0.3) is 0 Å². The van der Waals surface area contributed by atoms with Crippen LogP contribution in [0.2, 0.25) is 0 Å². The van der Waals surface area contributed by atoms with Gasteiger partial charge >= 0.3 is 5.97 Å². The maximum Gasteiger partial charge on any atom is 0.317 e. The number of hydrogen-bond acceptors (Lipinski definition) is 3. The number of nitrogens with zero attached hydrogens (tertiary/aromatic N) is 2. The number of likely N-dealkylation sites (N-methyl/N-ethyl adjacent to an activating group) is 1. The van der Waals surface area contributed by atoms with Crippen LogP contribution >= 0.6 is 0 Å². The van der Waals surface area contributed by atoms with Gasteiger partial charge in [0.05, 0.1) is 6.54 Å². The SMILES string of the molecule is CC(=O)N1CCCC[C@@H]1CN(C)CC(=O)O. The van der Waals surface area contributed by atoms with Crippen LogP contribution in [0.1, 0.15) is 26.2 Å². The molecule has 16 heavy (non-hydrogen) atoms. The summed E-state index contributed by atoms with van der Waals surface area (Å²) in [7, 11) is 1.78. The van der Waals surface area contributed by atoms with E-state index in [-0.39, 0.29) is 18.5 Å². The number of amides is 1. The van der Waals surface area contributed by atoms with E-state index >= 15 is 0 Å². The first-order valence-corrected chi connectivity index (χ1v) is 5.68. The Morgan fingerprint density at radius 1 is 1.44 bits per heavy atom. The third-order valence-corrected chi connectivity index (χ3v) is 2.96. The first kappa shape index (κ1) is 13.0. The van der Waals surface area contributed by atoms with E-state index in [2.05, 4.69) is 0 Å². The van der Waals surface area contributed by atoms with Gasteiger partial charge in [0.1, 0.15) is 0 Å². The van der Waals surface area contributed by atoms with Crippen molar-refractivity contribution in [1.29, 1.82) is 0 Å². The van der Waals surface area contributed by atoms with Crippen LogP contribution in [0.5, 0.6) is 0 Å². The predicted molar refractivity (Wildman–Crippen MR) is 60.2 cm³/mol. The molecule has 0 unspecified atom stereocenters. The van der Waals surface area contributed by atoms with Gasteiger partial charge in [0, 0.05) is 26.1 Å². The van der Waals surface area contributed by atoms with E-state index in [0.29, 0.717) is 6.54 Å².